The minimum atomic E-state index is -3.69. The molecule has 1 saturated carbocycles. The zero-order valence-electron chi connectivity index (χ0n) is 11.4. The molecule has 6 nitrogen and oxygen atoms in total. The topological polar surface area (TPSA) is 102 Å². The Morgan fingerprint density at radius 1 is 1.35 bits per heavy atom. The summed E-state index contributed by atoms with van der Waals surface area (Å²) in [4.78, 5) is 0.0774. The number of methoxy groups -OCH3 is 1. The summed E-state index contributed by atoms with van der Waals surface area (Å²) >= 11 is 0. The number of sulfonamides is 1. The van der Waals surface area contributed by atoms with E-state index in [1.54, 1.807) is 0 Å². The first kappa shape index (κ1) is 15.1. The van der Waals surface area contributed by atoms with Gasteiger partial charge in [-0.1, -0.05) is 12.8 Å². The van der Waals surface area contributed by atoms with Gasteiger partial charge in [0.1, 0.15) is 5.75 Å². The Morgan fingerprint density at radius 2 is 2.05 bits per heavy atom. The molecule has 4 N–H and O–H groups in total. The predicted octanol–water partition coefficient (Wildman–Crippen LogP) is 0.859. The molecule has 0 saturated heterocycles. The molecule has 0 aliphatic heterocycles. The molecule has 0 spiro atoms. The molecule has 2 rings (SSSR count). The first-order valence-corrected chi connectivity index (χ1v) is 8.06. The van der Waals surface area contributed by atoms with Crippen LogP contribution in [0.25, 0.3) is 0 Å². The number of nitrogen functional groups attached to an aromatic ring is 1. The summed E-state index contributed by atoms with van der Waals surface area (Å²) in [7, 11) is -2.22. The van der Waals surface area contributed by atoms with Crippen LogP contribution in [-0.4, -0.2) is 32.8 Å². The number of hydrogen-bond acceptors (Lipinski definition) is 5. The fraction of sp³-hybridized carbons (Fsp3) is 0.538. The molecule has 0 radical (unpaired) electrons. The maximum atomic E-state index is 12.3. The zero-order chi connectivity index (χ0) is 14.8. The first-order valence-electron chi connectivity index (χ1n) is 6.58. The van der Waals surface area contributed by atoms with E-state index in [9.17, 15) is 13.5 Å². The number of anilines is 1. The molecule has 2 atom stereocenters. The standard InChI is InChI=1S/C13H20N2O4S/c1-19-13-7-6-9(8-10(13)14)20(17,18)15-11-4-2-3-5-12(11)16/h6-8,11-12,15-16H,2-5,14H2,1H3/t11-,12-/m1/s1. The lowest BCUT2D eigenvalue weighted by Crippen LogP contribution is -2.44. The highest BCUT2D eigenvalue weighted by Gasteiger charge is 2.28. The second-order valence-electron chi connectivity index (χ2n) is 4.98. The van der Waals surface area contributed by atoms with Crippen LogP contribution in [0.4, 0.5) is 5.69 Å². The molecule has 1 aromatic rings. The molecule has 0 aromatic heterocycles. The predicted molar refractivity (Wildman–Crippen MR) is 76.0 cm³/mol. The van der Waals surface area contributed by atoms with Crippen molar-refractivity contribution in [3.63, 3.8) is 0 Å². The fourth-order valence-corrected chi connectivity index (χ4v) is 3.73. The lowest BCUT2D eigenvalue weighted by Gasteiger charge is -2.28. The van der Waals surface area contributed by atoms with Crippen LogP contribution in [0.3, 0.4) is 0 Å². The number of benzene rings is 1. The Labute approximate surface area is 119 Å². The van der Waals surface area contributed by atoms with Gasteiger partial charge in [0.05, 0.1) is 23.8 Å². The molecule has 1 aliphatic carbocycles. The minimum absolute atomic E-state index is 0.0774. The van der Waals surface area contributed by atoms with Gasteiger partial charge < -0.3 is 15.6 Å². The third kappa shape index (κ3) is 3.23. The Hall–Kier alpha value is -1.31. The first-order chi connectivity index (χ1) is 9.44. The highest BCUT2D eigenvalue weighted by atomic mass is 32.2. The number of nitrogens with one attached hydrogen (secondary N) is 1. The van der Waals surface area contributed by atoms with Crippen molar-refractivity contribution < 1.29 is 18.3 Å². The van der Waals surface area contributed by atoms with Crippen molar-refractivity contribution in [3.05, 3.63) is 18.2 Å². The molecule has 1 aliphatic rings. The van der Waals surface area contributed by atoms with E-state index in [0.29, 0.717) is 18.6 Å². The summed E-state index contributed by atoms with van der Waals surface area (Å²) in [6.07, 6.45) is 2.47. The van der Waals surface area contributed by atoms with Gasteiger partial charge in [0.2, 0.25) is 10.0 Å². The van der Waals surface area contributed by atoms with E-state index in [4.69, 9.17) is 10.5 Å². The minimum Gasteiger partial charge on any atom is -0.495 e. The monoisotopic (exact) mass is 300 g/mol. The number of aliphatic hydroxyl groups is 1. The van der Waals surface area contributed by atoms with Crippen LogP contribution in [0.1, 0.15) is 25.7 Å². The number of aliphatic hydroxyl groups excluding tert-OH is 1. The summed E-state index contributed by atoms with van der Waals surface area (Å²) in [5, 5.41) is 9.84. The van der Waals surface area contributed by atoms with E-state index in [2.05, 4.69) is 4.72 Å². The molecule has 1 fully saturated rings. The van der Waals surface area contributed by atoms with Crippen molar-refractivity contribution >= 4 is 15.7 Å². The quantitative estimate of drug-likeness (QED) is 0.716. The molecule has 20 heavy (non-hydrogen) atoms. The van der Waals surface area contributed by atoms with Crippen molar-refractivity contribution in [2.45, 2.75) is 42.7 Å². The molecule has 1 aromatic carbocycles. The van der Waals surface area contributed by atoms with Crippen LogP contribution >= 0.6 is 0 Å². The average Bonchev–Trinajstić information content (AvgIpc) is 2.41. The van der Waals surface area contributed by atoms with Gasteiger partial charge in [0.25, 0.3) is 0 Å². The number of rotatable bonds is 4. The van der Waals surface area contributed by atoms with Crippen molar-refractivity contribution in [3.8, 4) is 5.75 Å². The largest absolute Gasteiger partial charge is 0.495 e. The van der Waals surface area contributed by atoms with Crippen molar-refractivity contribution in [1.82, 2.24) is 4.72 Å². The molecule has 112 valence electrons. The van der Waals surface area contributed by atoms with Gasteiger partial charge in [-0.2, -0.15) is 0 Å². The molecular weight excluding hydrogens is 280 g/mol. The van der Waals surface area contributed by atoms with E-state index in [1.165, 1.54) is 25.3 Å². The summed E-state index contributed by atoms with van der Waals surface area (Å²) in [5.74, 6) is 0.432. The van der Waals surface area contributed by atoms with Crippen LogP contribution in [0, 0.1) is 0 Å². The maximum absolute atomic E-state index is 12.3. The van der Waals surface area contributed by atoms with Gasteiger partial charge in [0, 0.05) is 6.04 Å². The van der Waals surface area contributed by atoms with Crippen LogP contribution in [0.5, 0.6) is 5.75 Å². The van der Waals surface area contributed by atoms with Gasteiger partial charge >= 0.3 is 0 Å². The fourth-order valence-electron chi connectivity index (χ4n) is 2.40. The molecular formula is C13H20N2O4S. The summed E-state index contributed by atoms with van der Waals surface area (Å²) in [5.41, 5.74) is 5.99. The van der Waals surface area contributed by atoms with Gasteiger partial charge in [-0.25, -0.2) is 13.1 Å². The normalized spacial score (nSPS) is 23.5. The molecule has 7 heteroatoms. The summed E-state index contributed by atoms with van der Waals surface area (Å²) in [6, 6.07) is 3.88. The van der Waals surface area contributed by atoms with Crippen molar-refractivity contribution in [2.75, 3.05) is 12.8 Å². The van der Waals surface area contributed by atoms with Gasteiger partial charge in [0.15, 0.2) is 0 Å². The lowest BCUT2D eigenvalue weighted by molar-refractivity contribution is 0.101. The summed E-state index contributed by atoms with van der Waals surface area (Å²) < 4.78 is 32.1. The highest BCUT2D eigenvalue weighted by molar-refractivity contribution is 7.89. The Bertz CT molecular complexity index is 574. The van der Waals surface area contributed by atoms with Crippen LogP contribution in [0.2, 0.25) is 0 Å². The third-order valence-corrected chi connectivity index (χ3v) is 5.04. The van der Waals surface area contributed by atoms with Gasteiger partial charge in [-0.05, 0) is 31.0 Å². The van der Waals surface area contributed by atoms with E-state index in [1.807, 2.05) is 0 Å². The SMILES string of the molecule is COc1ccc(S(=O)(=O)N[C@@H]2CCCC[C@H]2O)cc1N. The van der Waals surface area contributed by atoms with Crippen molar-refractivity contribution in [1.29, 1.82) is 0 Å². The van der Waals surface area contributed by atoms with Gasteiger partial charge in [-0.15, -0.1) is 0 Å². The van der Waals surface area contributed by atoms with Crippen LogP contribution in [-0.2, 0) is 10.0 Å². The highest BCUT2D eigenvalue weighted by Crippen LogP contribution is 2.25. The zero-order valence-corrected chi connectivity index (χ0v) is 12.2. The van der Waals surface area contributed by atoms with E-state index in [-0.39, 0.29) is 10.6 Å². The molecule has 0 amide bonds. The Balaban J connectivity index is 2.19. The van der Waals surface area contributed by atoms with E-state index in [0.717, 1.165) is 12.8 Å². The molecule has 0 bridgehead atoms. The smallest absolute Gasteiger partial charge is 0.240 e. The van der Waals surface area contributed by atoms with E-state index >= 15 is 0 Å². The third-order valence-electron chi connectivity index (χ3n) is 3.55. The van der Waals surface area contributed by atoms with Crippen molar-refractivity contribution in [2.24, 2.45) is 0 Å². The molecule has 0 heterocycles. The van der Waals surface area contributed by atoms with Crippen LogP contribution < -0.4 is 15.2 Å². The summed E-state index contributed by atoms with van der Waals surface area (Å²) in [6.45, 7) is 0. The average molecular weight is 300 g/mol. The number of hydrogen-bond donors (Lipinski definition) is 3. The van der Waals surface area contributed by atoms with Crippen LogP contribution in [0.15, 0.2) is 23.1 Å². The van der Waals surface area contributed by atoms with Gasteiger partial charge in [-0.3, -0.25) is 0 Å². The Morgan fingerprint density at radius 3 is 2.65 bits per heavy atom. The Kier molecular flexibility index (Phi) is 4.52. The number of nitrogens with two attached hydrogens (primary N) is 1. The second kappa shape index (κ2) is 5.99. The second-order valence-corrected chi connectivity index (χ2v) is 6.70. The molecule has 0 unspecified atom stereocenters. The lowest BCUT2D eigenvalue weighted by atomic mass is 9.93. The maximum Gasteiger partial charge on any atom is 0.240 e. The van der Waals surface area contributed by atoms with E-state index < -0.39 is 22.2 Å². The number of ether oxygens (including phenoxy) is 1.